The van der Waals surface area contributed by atoms with Crippen LogP contribution in [0.4, 0.5) is 4.39 Å². The molecule has 0 amide bonds. The van der Waals surface area contributed by atoms with Crippen LogP contribution in [0, 0.1) is 5.82 Å². The predicted octanol–water partition coefficient (Wildman–Crippen LogP) is 3.01. The van der Waals surface area contributed by atoms with Crippen molar-refractivity contribution in [2.45, 2.75) is 12.8 Å². The van der Waals surface area contributed by atoms with Crippen LogP contribution >= 0.6 is 15.9 Å². The first kappa shape index (κ1) is 13.7. The molecular weight excluding hydrogens is 315 g/mol. The Kier molecular flexibility index (Phi) is 3.99. The van der Waals surface area contributed by atoms with Gasteiger partial charge in [0, 0.05) is 13.5 Å². The van der Waals surface area contributed by atoms with E-state index in [1.54, 1.807) is 29.8 Å². The van der Waals surface area contributed by atoms with Gasteiger partial charge in [-0.2, -0.15) is 0 Å². The van der Waals surface area contributed by atoms with E-state index in [4.69, 9.17) is 5.11 Å². The summed E-state index contributed by atoms with van der Waals surface area (Å²) in [7, 11) is 1.75. The van der Waals surface area contributed by atoms with Gasteiger partial charge in [-0.1, -0.05) is 12.1 Å². The van der Waals surface area contributed by atoms with Crippen molar-refractivity contribution in [3.8, 4) is 11.4 Å². The monoisotopic (exact) mass is 326 g/mol. The molecule has 2 aromatic rings. The minimum absolute atomic E-state index is 0.00877. The summed E-state index contributed by atoms with van der Waals surface area (Å²) in [5.74, 6) is -0.751. The second-order valence-electron chi connectivity index (χ2n) is 4.11. The van der Waals surface area contributed by atoms with Gasteiger partial charge in [0.2, 0.25) is 0 Å². The third-order valence-corrected chi connectivity index (χ3v) is 3.49. The highest BCUT2D eigenvalue weighted by Gasteiger charge is 2.17. The van der Waals surface area contributed by atoms with Gasteiger partial charge in [0.05, 0.1) is 17.7 Å². The number of halogens is 2. The van der Waals surface area contributed by atoms with Crippen LogP contribution in [0.5, 0.6) is 0 Å². The molecule has 0 aliphatic rings. The maximum Gasteiger partial charge on any atom is 0.303 e. The van der Waals surface area contributed by atoms with E-state index in [1.165, 1.54) is 6.07 Å². The molecule has 1 N–H and O–H groups in total. The first-order valence-electron chi connectivity index (χ1n) is 5.68. The Balaban J connectivity index is 2.41. The fraction of sp³-hybridized carbons (Fsp3) is 0.231. The topological polar surface area (TPSA) is 55.1 Å². The van der Waals surface area contributed by atoms with Crippen LogP contribution in [0.3, 0.4) is 0 Å². The molecule has 1 aromatic carbocycles. The highest BCUT2D eigenvalue weighted by Crippen LogP contribution is 2.27. The molecule has 0 bridgehead atoms. The van der Waals surface area contributed by atoms with Crippen molar-refractivity contribution in [2.75, 3.05) is 0 Å². The van der Waals surface area contributed by atoms with Crippen molar-refractivity contribution < 1.29 is 14.3 Å². The quantitative estimate of drug-likeness (QED) is 0.939. The van der Waals surface area contributed by atoms with Crippen molar-refractivity contribution in [3.63, 3.8) is 0 Å². The Morgan fingerprint density at radius 3 is 2.79 bits per heavy atom. The number of carboxylic acids is 1. The lowest BCUT2D eigenvalue weighted by Crippen LogP contribution is -2.04. The Morgan fingerprint density at radius 2 is 2.16 bits per heavy atom. The molecule has 0 aliphatic carbocycles. The highest BCUT2D eigenvalue weighted by molar-refractivity contribution is 9.10. The summed E-state index contributed by atoms with van der Waals surface area (Å²) >= 11 is 3.29. The lowest BCUT2D eigenvalue weighted by Gasteiger charge is -2.06. The number of aromatic nitrogens is 2. The molecule has 0 radical (unpaired) electrons. The molecule has 0 fully saturated rings. The van der Waals surface area contributed by atoms with E-state index in [1.807, 2.05) is 0 Å². The number of aliphatic carboxylic acids is 1. The Hall–Kier alpha value is -1.69. The number of carbonyl (C=O) groups is 1. The third-order valence-electron chi connectivity index (χ3n) is 2.86. The minimum Gasteiger partial charge on any atom is -0.481 e. The van der Waals surface area contributed by atoms with Crippen molar-refractivity contribution in [1.82, 2.24) is 9.55 Å². The number of hydrogen-bond donors (Lipinski definition) is 1. The summed E-state index contributed by atoms with van der Waals surface area (Å²) in [6.45, 7) is 0. The zero-order valence-electron chi connectivity index (χ0n) is 10.2. The van der Waals surface area contributed by atoms with Crippen LogP contribution in [0.25, 0.3) is 11.4 Å². The zero-order valence-corrected chi connectivity index (χ0v) is 11.8. The summed E-state index contributed by atoms with van der Waals surface area (Å²) in [6.07, 6.45) is 0.350. The van der Waals surface area contributed by atoms with E-state index in [2.05, 4.69) is 20.9 Å². The van der Waals surface area contributed by atoms with Gasteiger partial charge in [0.25, 0.3) is 0 Å². The van der Waals surface area contributed by atoms with Gasteiger partial charge in [0.15, 0.2) is 0 Å². The molecule has 0 unspecified atom stereocenters. The first-order chi connectivity index (χ1) is 9.00. The number of imidazole rings is 1. The third kappa shape index (κ3) is 2.84. The van der Waals surface area contributed by atoms with Crippen molar-refractivity contribution in [1.29, 1.82) is 0 Å². The van der Waals surface area contributed by atoms with Crippen molar-refractivity contribution in [3.05, 3.63) is 40.4 Å². The molecule has 2 rings (SSSR count). The van der Waals surface area contributed by atoms with E-state index < -0.39 is 5.97 Å². The van der Waals surface area contributed by atoms with E-state index in [0.717, 1.165) is 5.69 Å². The summed E-state index contributed by atoms with van der Waals surface area (Å²) in [5.41, 5.74) is 1.13. The Morgan fingerprint density at radius 1 is 1.47 bits per heavy atom. The lowest BCUT2D eigenvalue weighted by atomic mass is 10.2. The molecule has 4 nitrogen and oxygen atoms in total. The Labute approximate surface area is 118 Å². The van der Waals surface area contributed by atoms with Crippen molar-refractivity contribution >= 4 is 21.9 Å². The molecule has 0 atom stereocenters. The maximum absolute atomic E-state index is 13.7. The largest absolute Gasteiger partial charge is 0.481 e. The molecule has 19 heavy (non-hydrogen) atoms. The summed E-state index contributed by atoms with van der Waals surface area (Å²) < 4.78 is 16.0. The zero-order chi connectivity index (χ0) is 14.0. The fourth-order valence-electron chi connectivity index (χ4n) is 1.88. The van der Waals surface area contributed by atoms with Gasteiger partial charge in [-0.25, -0.2) is 9.37 Å². The maximum atomic E-state index is 13.7. The smallest absolute Gasteiger partial charge is 0.303 e. The number of rotatable bonds is 4. The molecule has 0 saturated carbocycles. The normalized spacial score (nSPS) is 10.7. The number of hydrogen-bond acceptors (Lipinski definition) is 2. The summed E-state index contributed by atoms with van der Waals surface area (Å²) in [4.78, 5) is 14.9. The predicted molar refractivity (Wildman–Crippen MR) is 72.3 cm³/mol. The molecule has 1 aromatic heterocycles. The molecule has 0 spiro atoms. The fourth-order valence-corrected chi connectivity index (χ4v) is 2.51. The molecule has 0 saturated heterocycles. The van der Waals surface area contributed by atoms with Gasteiger partial charge in [-0.05, 0) is 28.1 Å². The minimum atomic E-state index is -0.874. The number of carboxylic acid groups (broad SMARTS) is 1. The molecular formula is C13H12BrFN2O2. The molecule has 1 heterocycles. The summed E-state index contributed by atoms with van der Waals surface area (Å²) in [5, 5.41) is 8.72. The standard InChI is InChI=1S/C13H12BrFN2O2/c1-17-10(6-7-11(18)19)12(14)16-13(17)8-4-2-3-5-9(8)15/h2-5H,6-7H2,1H3,(H,18,19). The van der Waals surface area contributed by atoms with E-state index in [0.29, 0.717) is 22.4 Å². The average Bonchev–Trinajstić information content (AvgIpc) is 2.63. The SMILES string of the molecule is Cn1c(-c2ccccc2F)nc(Br)c1CCC(=O)O. The second kappa shape index (κ2) is 5.52. The van der Waals surface area contributed by atoms with Gasteiger partial charge >= 0.3 is 5.97 Å². The Bertz CT molecular complexity index is 625. The van der Waals surface area contributed by atoms with Crippen LogP contribution < -0.4 is 0 Å². The molecule has 0 aliphatic heterocycles. The van der Waals surface area contributed by atoms with Crippen molar-refractivity contribution in [2.24, 2.45) is 7.05 Å². The van der Waals surface area contributed by atoms with E-state index in [-0.39, 0.29) is 12.2 Å². The van der Waals surface area contributed by atoms with Gasteiger partial charge in [-0.15, -0.1) is 0 Å². The lowest BCUT2D eigenvalue weighted by molar-refractivity contribution is -0.136. The second-order valence-corrected chi connectivity index (χ2v) is 4.86. The number of nitrogens with zero attached hydrogens (tertiary/aromatic N) is 2. The number of benzene rings is 1. The van der Waals surface area contributed by atoms with E-state index >= 15 is 0 Å². The van der Waals surface area contributed by atoms with Crippen LogP contribution in [0.1, 0.15) is 12.1 Å². The van der Waals surface area contributed by atoms with Crippen LogP contribution in [-0.2, 0) is 18.3 Å². The summed E-state index contributed by atoms with van der Waals surface area (Å²) in [6, 6.07) is 6.36. The molecule has 6 heteroatoms. The van der Waals surface area contributed by atoms with E-state index in [9.17, 15) is 9.18 Å². The van der Waals surface area contributed by atoms with Crippen LogP contribution in [-0.4, -0.2) is 20.6 Å². The highest BCUT2D eigenvalue weighted by atomic mass is 79.9. The van der Waals surface area contributed by atoms with Gasteiger partial charge in [0.1, 0.15) is 16.2 Å². The average molecular weight is 327 g/mol. The van der Waals surface area contributed by atoms with Gasteiger partial charge < -0.3 is 9.67 Å². The molecule has 100 valence electrons. The van der Waals surface area contributed by atoms with Crippen LogP contribution in [0.15, 0.2) is 28.9 Å². The van der Waals surface area contributed by atoms with Crippen LogP contribution in [0.2, 0.25) is 0 Å². The van der Waals surface area contributed by atoms with Gasteiger partial charge in [-0.3, -0.25) is 4.79 Å². The first-order valence-corrected chi connectivity index (χ1v) is 6.47.